The molecule has 1 aromatic carbocycles. The highest BCUT2D eigenvalue weighted by Crippen LogP contribution is 2.37. The van der Waals surface area contributed by atoms with Crippen molar-refractivity contribution >= 4 is 0 Å². The Morgan fingerprint density at radius 3 is 3.00 bits per heavy atom. The molecule has 20 heavy (non-hydrogen) atoms. The molecular weight excluding hydrogens is 248 g/mol. The van der Waals surface area contributed by atoms with E-state index < -0.39 is 0 Å². The molecule has 2 aliphatic heterocycles. The lowest BCUT2D eigenvalue weighted by Gasteiger charge is -2.40. The Bertz CT molecular complexity index is 486. The van der Waals surface area contributed by atoms with Gasteiger partial charge in [-0.15, -0.1) is 0 Å². The van der Waals surface area contributed by atoms with Gasteiger partial charge in [0.2, 0.25) is 0 Å². The van der Waals surface area contributed by atoms with Crippen LogP contribution in [0.25, 0.3) is 0 Å². The second kappa shape index (κ2) is 5.05. The minimum absolute atomic E-state index is 0.548. The maximum atomic E-state index is 5.83. The van der Waals surface area contributed by atoms with Gasteiger partial charge in [0.25, 0.3) is 0 Å². The largest absolute Gasteiger partial charge is 0.493 e. The van der Waals surface area contributed by atoms with E-state index >= 15 is 0 Å². The van der Waals surface area contributed by atoms with Crippen LogP contribution in [-0.4, -0.2) is 43.2 Å². The normalized spacial score (nSPS) is 33.8. The first-order valence-corrected chi connectivity index (χ1v) is 8.00. The molecule has 1 aliphatic carbocycles. The van der Waals surface area contributed by atoms with Crippen molar-refractivity contribution in [3.8, 4) is 5.75 Å². The minimum atomic E-state index is 0.548. The average molecular weight is 272 g/mol. The maximum Gasteiger partial charge on any atom is 0.122 e. The average Bonchev–Trinajstić information content (AvgIpc) is 3.24. The van der Waals surface area contributed by atoms with Crippen molar-refractivity contribution in [1.82, 2.24) is 10.2 Å². The first-order chi connectivity index (χ1) is 9.81. The summed E-state index contributed by atoms with van der Waals surface area (Å²) in [6, 6.07) is 9.90. The van der Waals surface area contributed by atoms with Crippen LogP contribution in [-0.2, 0) is 0 Å². The molecule has 2 heterocycles. The van der Waals surface area contributed by atoms with Crippen molar-refractivity contribution in [3.63, 3.8) is 0 Å². The predicted octanol–water partition coefficient (Wildman–Crippen LogP) is 2.23. The van der Waals surface area contributed by atoms with Crippen LogP contribution < -0.4 is 10.1 Å². The van der Waals surface area contributed by atoms with Crippen LogP contribution >= 0.6 is 0 Å². The molecule has 108 valence electrons. The van der Waals surface area contributed by atoms with Crippen molar-refractivity contribution in [3.05, 3.63) is 29.8 Å². The van der Waals surface area contributed by atoms with E-state index in [9.17, 15) is 0 Å². The summed E-state index contributed by atoms with van der Waals surface area (Å²) in [4.78, 5) is 2.68. The molecule has 0 spiro atoms. The molecule has 4 rings (SSSR count). The summed E-state index contributed by atoms with van der Waals surface area (Å²) < 4.78 is 5.83. The van der Waals surface area contributed by atoms with Gasteiger partial charge >= 0.3 is 0 Å². The minimum Gasteiger partial charge on any atom is -0.493 e. The quantitative estimate of drug-likeness (QED) is 0.913. The highest BCUT2D eigenvalue weighted by molar-refractivity contribution is 5.39. The second-order valence-corrected chi connectivity index (χ2v) is 6.70. The highest BCUT2D eigenvalue weighted by Gasteiger charge is 2.37. The van der Waals surface area contributed by atoms with Crippen molar-refractivity contribution in [2.24, 2.45) is 5.92 Å². The van der Waals surface area contributed by atoms with Gasteiger partial charge < -0.3 is 10.1 Å². The van der Waals surface area contributed by atoms with E-state index in [1.165, 1.54) is 24.9 Å². The van der Waals surface area contributed by atoms with Gasteiger partial charge in [0, 0.05) is 43.2 Å². The number of ether oxygens (including phenoxy) is 1. The fourth-order valence-electron chi connectivity index (χ4n) is 3.68. The summed E-state index contributed by atoms with van der Waals surface area (Å²) in [5, 5.41) is 3.73. The van der Waals surface area contributed by atoms with Crippen molar-refractivity contribution in [2.45, 2.75) is 37.8 Å². The number of hydrogen-bond acceptors (Lipinski definition) is 3. The summed E-state index contributed by atoms with van der Waals surface area (Å²) in [6.07, 6.45) is 2.85. The molecule has 1 aromatic rings. The van der Waals surface area contributed by atoms with E-state index in [2.05, 4.69) is 41.4 Å². The Morgan fingerprint density at radius 2 is 2.15 bits per heavy atom. The number of nitrogens with zero attached hydrogens (tertiary/aromatic N) is 1. The second-order valence-electron chi connectivity index (χ2n) is 6.70. The smallest absolute Gasteiger partial charge is 0.122 e. The number of piperazine rings is 1. The number of rotatable bonds is 3. The van der Waals surface area contributed by atoms with Crippen LogP contribution in [0.1, 0.15) is 31.2 Å². The summed E-state index contributed by atoms with van der Waals surface area (Å²) >= 11 is 0. The van der Waals surface area contributed by atoms with Gasteiger partial charge in [0.15, 0.2) is 0 Å². The van der Waals surface area contributed by atoms with Crippen LogP contribution in [0.3, 0.4) is 0 Å². The molecule has 0 amide bonds. The molecule has 3 nitrogen and oxygen atoms in total. The van der Waals surface area contributed by atoms with E-state index in [0.29, 0.717) is 12.0 Å². The molecule has 2 fully saturated rings. The Labute approximate surface area is 121 Å². The summed E-state index contributed by atoms with van der Waals surface area (Å²) in [6.45, 7) is 6.69. The standard InChI is InChI=1S/C17H24N2O/c1-12-8-18-16(13-6-7-13)10-19(12)9-14-11-20-17-5-3-2-4-15(14)17/h2-5,12-14,16,18H,6-11H2,1H3. The van der Waals surface area contributed by atoms with Crippen molar-refractivity contribution in [2.75, 3.05) is 26.2 Å². The monoisotopic (exact) mass is 272 g/mol. The first kappa shape index (κ1) is 12.7. The van der Waals surface area contributed by atoms with Crippen LogP contribution in [0.4, 0.5) is 0 Å². The Kier molecular flexibility index (Phi) is 3.20. The first-order valence-electron chi connectivity index (χ1n) is 8.00. The molecule has 1 saturated heterocycles. The van der Waals surface area contributed by atoms with Gasteiger partial charge in [-0.05, 0) is 31.7 Å². The van der Waals surface area contributed by atoms with Gasteiger partial charge in [0.1, 0.15) is 5.75 Å². The Balaban J connectivity index is 1.45. The fraction of sp³-hybridized carbons (Fsp3) is 0.647. The van der Waals surface area contributed by atoms with E-state index in [-0.39, 0.29) is 0 Å². The summed E-state index contributed by atoms with van der Waals surface area (Å²) in [7, 11) is 0. The third kappa shape index (κ3) is 2.33. The van der Waals surface area contributed by atoms with Gasteiger partial charge in [-0.1, -0.05) is 18.2 Å². The summed E-state index contributed by atoms with van der Waals surface area (Å²) in [5.41, 5.74) is 1.40. The molecule has 0 radical (unpaired) electrons. The van der Waals surface area contributed by atoms with E-state index in [0.717, 1.165) is 37.4 Å². The molecular formula is C17H24N2O. The third-order valence-corrected chi connectivity index (χ3v) is 5.17. The van der Waals surface area contributed by atoms with E-state index in [1.807, 2.05) is 0 Å². The number of hydrogen-bond donors (Lipinski definition) is 1. The van der Waals surface area contributed by atoms with Gasteiger partial charge in [-0.3, -0.25) is 4.90 Å². The van der Waals surface area contributed by atoms with Crippen LogP contribution in [0, 0.1) is 5.92 Å². The van der Waals surface area contributed by atoms with Gasteiger partial charge in [0.05, 0.1) is 6.61 Å². The molecule has 0 bridgehead atoms. The van der Waals surface area contributed by atoms with Crippen LogP contribution in [0.5, 0.6) is 5.75 Å². The van der Waals surface area contributed by atoms with Gasteiger partial charge in [-0.2, -0.15) is 0 Å². The summed E-state index contributed by atoms with van der Waals surface area (Å²) in [5.74, 6) is 2.59. The van der Waals surface area contributed by atoms with Crippen molar-refractivity contribution in [1.29, 1.82) is 0 Å². The lowest BCUT2D eigenvalue weighted by molar-refractivity contribution is 0.120. The molecule has 3 unspecified atom stereocenters. The number of benzene rings is 1. The zero-order chi connectivity index (χ0) is 13.5. The topological polar surface area (TPSA) is 24.5 Å². The van der Waals surface area contributed by atoms with Crippen LogP contribution in [0.15, 0.2) is 24.3 Å². The molecule has 3 aliphatic rings. The predicted molar refractivity (Wildman–Crippen MR) is 80.2 cm³/mol. The Hall–Kier alpha value is -1.06. The maximum absolute atomic E-state index is 5.83. The molecule has 1 N–H and O–H groups in total. The molecule has 3 heteroatoms. The molecule has 3 atom stereocenters. The Morgan fingerprint density at radius 1 is 1.30 bits per heavy atom. The lowest BCUT2D eigenvalue weighted by Crippen LogP contribution is -2.57. The number of para-hydroxylation sites is 1. The third-order valence-electron chi connectivity index (χ3n) is 5.17. The molecule has 0 aromatic heterocycles. The van der Waals surface area contributed by atoms with E-state index in [1.54, 1.807) is 0 Å². The number of fused-ring (bicyclic) bond motifs is 1. The fourth-order valence-corrected chi connectivity index (χ4v) is 3.68. The van der Waals surface area contributed by atoms with Crippen LogP contribution in [0.2, 0.25) is 0 Å². The van der Waals surface area contributed by atoms with Crippen molar-refractivity contribution < 1.29 is 4.74 Å². The zero-order valence-electron chi connectivity index (χ0n) is 12.2. The zero-order valence-corrected chi connectivity index (χ0v) is 12.2. The molecule has 1 saturated carbocycles. The van der Waals surface area contributed by atoms with E-state index in [4.69, 9.17) is 4.74 Å². The number of nitrogens with one attached hydrogen (secondary N) is 1. The lowest BCUT2D eigenvalue weighted by atomic mass is 9.98. The highest BCUT2D eigenvalue weighted by atomic mass is 16.5. The SMILES string of the molecule is CC1CNC(C2CC2)CN1CC1COc2ccccc21. The van der Waals surface area contributed by atoms with Gasteiger partial charge in [-0.25, -0.2) is 0 Å².